The summed E-state index contributed by atoms with van der Waals surface area (Å²) in [5, 5.41) is 4.18. The molecule has 2 heterocycles. The van der Waals surface area contributed by atoms with E-state index in [2.05, 4.69) is 16.8 Å². The summed E-state index contributed by atoms with van der Waals surface area (Å²) in [6.45, 7) is 1.25. The SMILES string of the molecule is O=C(C1CCCCC1)N(Cc1ccsc1)Cc1ccco1. The van der Waals surface area contributed by atoms with Gasteiger partial charge in [-0.05, 0) is 47.4 Å². The highest BCUT2D eigenvalue weighted by Crippen LogP contribution is 2.27. The summed E-state index contributed by atoms with van der Waals surface area (Å²) >= 11 is 1.68. The van der Waals surface area contributed by atoms with E-state index in [9.17, 15) is 4.79 Å². The minimum Gasteiger partial charge on any atom is -0.467 e. The first-order valence-electron chi connectivity index (χ1n) is 7.65. The van der Waals surface area contributed by atoms with Gasteiger partial charge < -0.3 is 9.32 Å². The third-order valence-electron chi connectivity index (χ3n) is 4.15. The van der Waals surface area contributed by atoms with Gasteiger partial charge in [0.1, 0.15) is 5.76 Å². The van der Waals surface area contributed by atoms with Crippen LogP contribution < -0.4 is 0 Å². The first-order valence-corrected chi connectivity index (χ1v) is 8.59. The summed E-state index contributed by atoms with van der Waals surface area (Å²) in [6, 6.07) is 5.91. The zero-order chi connectivity index (χ0) is 14.5. The Morgan fingerprint density at radius 3 is 2.76 bits per heavy atom. The quantitative estimate of drug-likeness (QED) is 0.817. The first kappa shape index (κ1) is 14.4. The molecule has 0 unspecified atom stereocenters. The Balaban J connectivity index is 1.72. The van der Waals surface area contributed by atoms with Crippen molar-refractivity contribution in [3.8, 4) is 0 Å². The molecule has 0 radical (unpaired) electrons. The predicted molar refractivity (Wildman–Crippen MR) is 83.9 cm³/mol. The van der Waals surface area contributed by atoms with Crippen LogP contribution in [0.25, 0.3) is 0 Å². The monoisotopic (exact) mass is 303 g/mol. The van der Waals surface area contributed by atoms with Gasteiger partial charge in [0.15, 0.2) is 0 Å². The second-order valence-electron chi connectivity index (χ2n) is 5.74. The highest BCUT2D eigenvalue weighted by Gasteiger charge is 2.26. The molecule has 21 heavy (non-hydrogen) atoms. The Morgan fingerprint density at radius 1 is 1.24 bits per heavy atom. The van der Waals surface area contributed by atoms with E-state index < -0.39 is 0 Å². The molecule has 0 spiro atoms. The van der Waals surface area contributed by atoms with Crippen LogP contribution in [-0.4, -0.2) is 10.8 Å². The van der Waals surface area contributed by atoms with Crippen LogP contribution in [0.15, 0.2) is 39.6 Å². The van der Waals surface area contributed by atoms with Crippen molar-refractivity contribution >= 4 is 17.2 Å². The van der Waals surface area contributed by atoms with Gasteiger partial charge >= 0.3 is 0 Å². The molecule has 1 aliphatic carbocycles. The second-order valence-corrected chi connectivity index (χ2v) is 6.52. The molecular weight excluding hydrogens is 282 g/mol. The highest BCUT2D eigenvalue weighted by molar-refractivity contribution is 7.07. The minimum absolute atomic E-state index is 0.201. The van der Waals surface area contributed by atoms with E-state index in [1.807, 2.05) is 17.0 Å². The molecule has 112 valence electrons. The Labute approximate surface area is 129 Å². The third-order valence-corrected chi connectivity index (χ3v) is 4.88. The van der Waals surface area contributed by atoms with Gasteiger partial charge in [-0.25, -0.2) is 0 Å². The molecule has 3 rings (SSSR count). The fourth-order valence-electron chi connectivity index (χ4n) is 3.01. The molecule has 2 aromatic heterocycles. The summed E-state index contributed by atoms with van der Waals surface area (Å²) < 4.78 is 5.43. The lowest BCUT2D eigenvalue weighted by Crippen LogP contribution is -2.36. The number of carbonyl (C=O) groups is 1. The lowest BCUT2D eigenvalue weighted by molar-refractivity contribution is -0.138. The van der Waals surface area contributed by atoms with Crippen molar-refractivity contribution < 1.29 is 9.21 Å². The molecular formula is C17H21NO2S. The fraction of sp³-hybridized carbons (Fsp3) is 0.471. The van der Waals surface area contributed by atoms with Gasteiger partial charge in [-0.3, -0.25) is 4.79 Å². The van der Waals surface area contributed by atoms with E-state index in [0.717, 1.165) is 18.6 Å². The van der Waals surface area contributed by atoms with E-state index in [0.29, 0.717) is 13.1 Å². The van der Waals surface area contributed by atoms with Crippen molar-refractivity contribution in [2.24, 2.45) is 5.92 Å². The summed E-state index contributed by atoms with van der Waals surface area (Å²) in [4.78, 5) is 14.8. The van der Waals surface area contributed by atoms with Crippen LogP contribution in [0.4, 0.5) is 0 Å². The van der Waals surface area contributed by atoms with E-state index in [-0.39, 0.29) is 11.8 Å². The molecule has 0 atom stereocenters. The number of amides is 1. The Morgan fingerprint density at radius 2 is 2.10 bits per heavy atom. The third kappa shape index (κ3) is 3.76. The van der Waals surface area contributed by atoms with Gasteiger partial charge in [0.2, 0.25) is 5.91 Å². The van der Waals surface area contributed by atoms with Crippen LogP contribution in [0.3, 0.4) is 0 Å². The average Bonchev–Trinajstić information content (AvgIpc) is 3.20. The molecule has 0 saturated heterocycles. The van der Waals surface area contributed by atoms with Gasteiger partial charge in [-0.1, -0.05) is 19.3 Å². The molecule has 0 aliphatic heterocycles. The Bertz CT molecular complexity index is 505. The van der Waals surface area contributed by atoms with Gasteiger partial charge in [0, 0.05) is 12.5 Å². The molecule has 3 nitrogen and oxygen atoms in total. The van der Waals surface area contributed by atoms with E-state index >= 15 is 0 Å². The maximum atomic E-state index is 12.8. The van der Waals surface area contributed by atoms with Crippen molar-refractivity contribution in [1.82, 2.24) is 4.90 Å². The molecule has 2 aromatic rings. The number of hydrogen-bond acceptors (Lipinski definition) is 3. The Kier molecular flexibility index (Phi) is 4.76. The lowest BCUT2D eigenvalue weighted by atomic mass is 9.88. The maximum Gasteiger partial charge on any atom is 0.226 e. The zero-order valence-corrected chi connectivity index (χ0v) is 13.0. The summed E-state index contributed by atoms with van der Waals surface area (Å²) in [5.74, 6) is 1.35. The molecule has 1 aliphatic rings. The largest absolute Gasteiger partial charge is 0.467 e. The van der Waals surface area contributed by atoms with Gasteiger partial charge in [-0.2, -0.15) is 11.3 Å². The average molecular weight is 303 g/mol. The van der Waals surface area contributed by atoms with Crippen LogP contribution in [0.5, 0.6) is 0 Å². The zero-order valence-electron chi connectivity index (χ0n) is 12.2. The lowest BCUT2D eigenvalue weighted by Gasteiger charge is -2.28. The van der Waals surface area contributed by atoms with Gasteiger partial charge in [-0.15, -0.1) is 0 Å². The van der Waals surface area contributed by atoms with Crippen molar-refractivity contribution in [3.63, 3.8) is 0 Å². The summed E-state index contributed by atoms with van der Waals surface area (Å²) in [6.07, 6.45) is 7.39. The number of thiophene rings is 1. The van der Waals surface area contributed by atoms with E-state index in [1.54, 1.807) is 17.6 Å². The number of rotatable bonds is 5. The Hall–Kier alpha value is -1.55. The topological polar surface area (TPSA) is 33.5 Å². The fourth-order valence-corrected chi connectivity index (χ4v) is 3.67. The molecule has 0 N–H and O–H groups in total. The number of hydrogen-bond donors (Lipinski definition) is 0. The molecule has 0 bridgehead atoms. The number of nitrogens with zero attached hydrogens (tertiary/aromatic N) is 1. The molecule has 1 saturated carbocycles. The first-order chi connectivity index (χ1) is 10.3. The molecule has 1 fully saturated rings. The number of furan rings is 1. The number of carbonyl (C=O) groups excluding carboxylic acids is 1. The van der Waals surface area contributed by atoms with Gasteiger partial charge in [0.05, 0.1) is 12.8 Å². The minimum atomic E-state index is 0.201. The summed E-state index contributed by atoms with van der Waals surface area (Å²) in [7, 11) is 0. The van der Waals surface area contributed by atoms with Crippen molar-refractivity contribution in [1.29, 1.82) is 0 Å². The smallest absolute Gasteiger partial charge is 0.226 e. The molecule has 4 heteroatoms. The van der Waals surface area contributed by atoms with Crippen molar-refractivity contribution in [2.45, 2.75) is 45.2 Å². The molecule has 1 amide bonds. The van der Waals surface area contributed by atoms with Crippen LogP contribution in [-0.2, 0) is 17.9 Å². The van der Waals surface area contributed by atoms with Crippen molar-refractivity contribution in [2.75, 3.05) is 0 Å². The predicted octanol–water partition coefficient (Wildman–Crippen LogP) is 4.45. The van der Waals surface area contributed by atoms with Crippen LogP contribution in [0.2, 0.25) is 0 Å². The highest BCUT2D eigenvalue weighted by atomic mass is 32.1. The van der Waals surface area contributed by atoms with E-state index in [4.69, 9.17) is 4.42 Å². The summed E-state index contributed by atoms with van der Waals surface area (Å²) in [5.41, 5.74) is 1.20. The maximum absolute atomic E-state index is 12.8. The normalized spacial score (nSPS) is 16.0. The van der Waals surface area contributed by atoms with Crippen molar-refractivity contribution in [3.05, 3.63) is 46.5 Å². The van der Waals surface area contributed by atoms with Crippen LogP contribution in [0, 0.1) is 5.92 Å². The van der Waals surface area contributed by atoms with Crippen LogP contribution in [0.1, 0.15) is 43.4 Å². The van der Waals surface area contributed by atoms with Crippen LogP contribution >= 0.6 is 11.3 Å². The second kappa shape index (κ2) is 6.94. The van der Waals surface area contributed by atoms with E-state index in [1.165, 1.54) is 24.8 Å². The van der Waals surface area contributed by atoms with Gasteiger partial charge in [0.25, 0.3) is 0 Å². The standard InChI is InChI=1S/C17H21NO2S/c19-17(15-5-2-1-3-6-15)18(11-14-8-10-21-13-14)12-16-7-4-9-20-16/h4,7-10,13,15H,1-3,5-6,11-12H2. The molecule has 0 aromatic carbocycles.